The van der Waals surface area contributed by atoms with E-state index in [1.54, 1.807) is 24.3 Å². The average molecular weight is 280 g/mol. The van der Waals surface area contributed by atoms with Crippen LogP contribution < -0.4 is 0 Å². The highest BCUT2D eigenvalue weighted by Gasteiger charge is 2.16. The van der Waals surface area contributed by atoms with Gasteiger partial charge in [0.1, 0.15) is 19.3 Å². The van der Waals surface area contributed by atoms with E-state index in [2.05, 4.69) is 6.58 Å². The van der Waals surface area contributed by atoms with Gasteiger partial charge in [-0.1, -0.05) is 36.9 Å². The van der Waals surface area contributed by atoms with Gasteiger partial charge in [-0.2, -0.15) is 0 Å². The Kier molecular flexibility index (Phi) is 8.30. The molecule has 1 atom stereocenters. The summed E-state index contributed by atoms with van der Waals surface area (Å²) in [6, 6.07) is 8.76. The van der Waals surface area contributed by atoms with Crippen LogP contribution in [0.5, 0.6) is 0 Å². The third-order valence-electron chi connectivity index (χ3n) is 2.50. The maximum atomic E-state index is 11.7. The fourth-order valence-corrected chi connectivity index (χ4v) is 1.48. The molecule has 1 unspecified atom stereocenters. The van der Waals surface area contributed by atoms with Crippen molar-refractivity contribution in [2.45, 2.75) is 6.10 Å². The van der Waals surface area contributed by atoms with Crippen LogP contribution in [-0.2, 0) is 19.0 Å². The lowest BCUT2D eigenvalue weighted by Gasteiger charge is -2.10. The highest BCUT2D eigenvalue weighted by atomic mass is 16.5. The molecule has 0 aliphatic carbocycles. The predicted molar refractivity (Wildman–Crippen MR) is 74.2 cm³/mol. The maximum Gasteiger partial charge on any atom is 0.191 e. The van der Waals surface area contributed by atoms with Crippen molar-refractivity contribution in [3.8, 4) is 0 Å². The summed E-state index contributed by atoms with van der Waals surface area (Å²) in [4.78, 5) is 11.7. The molecule has 1 N–H and O–H groups in total. The largest absolute Gasteiger partial charge is 0.499 e. The Morgan fingerprint density at radius 2 is 1.80 bits per heavy atom. The molecule has 5 heteroatoms. The van der Waals surface area contributed by atoms with Gasteiger partial charge in [-0.25, -0.2) is 0 Å². The molecule has 0 aliphatic rings. The van der Waals surface area contributed by atoms with Crippen molar-refractivity contribution in [2.75, 3.05) is 33.0 Å². The van der Waals surface area contributed by atoms with Gasteiger partial charge in [0.05, 0.1) is 26.1 Å². The van der Waals surface area contributed by atoms with Crippen molar-refractivity contribution >= 4 is 5.78 Å². The first-order valence-corrected chi connectivity index (χ1v) is 6.39. The second-order valence-electron chi connectivity index (χ2n) is 3.98. The Labute approximate surface area is 118 Å². The minimum absolute atomic E-state index is 0.136. The molecule has 0 saturated carbocycles. The molecule has 1 aromatic rings. The quantitative estimate of drug-likeness (QED) is 0.491. The van der Waals surface area contributed by atoms with E-state index in [1.165, 1.54) is 6.26 Å². The minimum atomic E-state index is -1.14. The highest BCUT2D eigenvalue weighted by Crippen LogP contribution is 2.12. The van der Waals surface area contributed by atoms with E-state index in [0.717, 1.165) is 0 Å². The first kappa shape index (κ1) is 16.4. The zero-order chi connectivity index (χ0) is 14.6. The zero-order valence-electron chi connectivity index (χ0n) is 11.4. The minimum Gasteiger partial charge on any atom is -0.499 e. The summed E-state index contributed by atoms with van der Waals surface area (Å²) in [5.41, 5.74) is 0.568. The Balaban J connectivity index is 2.10. The van der Waals surface area contributed by atoms with E-state index in [4.69, 9.17) is 14.2 Å². The number of ether oxygens (including phenoxy) is 3. The molecule has 5 nitrogen and oxygen atoms in total. The van der Waals surface area contributed by atoms with Crippen LogP contribution in [0.15, 0.2) is 43.2 Å². The molecule has 110 valence electrons. The smallest absolute Gasteiger partial charge is 0.191 e. The maximum absolute atomic E-state index is 11.7. The van der Waals surface area contributed by atoms with Crippen molar-refractivity contribution < 1.29 is 24.1 Å². The number of aliphatic hydroxyl groups excluding tert-OH is 1. The van der Waals surface area contributed by atoms with Crippen molar-refractivity contribution in [3.05, 3.63) is 48.7 Å². The van der Waals surface area contributed by atoms with Crippen LogP contribution in [0, 0.1) is 0 Å². The summed E-state index contributed by atoms with van der Waals surface area (Å²) < 4.78 is 15.2. The topological polar surface area (TPSA) is 65.0 Å². The Bertz CT molecular complexity index is 391. The first-order chi connectivity index (χ1) is 9.75. The van der Waals surface area contributed by atoms with Crippen LogP contribution in [0.1, 0.15) is 11.7 Å². The summed E-state index contributed by atoms with van der Waals surface area (Å²) >= 11 is 0. The number of ketones is 1. The molecule has 0 aliphatic heterocycles. The number of hydrogen-bond donors (Lipinski definition) is 1. The van der Waals surface area contributed by atoms with Crippen LogP contribution in [-0.4, -0.2) is 43.9 Å². The third-order valence-corrected chi connectivity index (χ3v) is 2.50. The van der Waals surface area contributed by atoms with Crippen LogP contribution in [0.3, 0.4) is 0 Å². The van der Waals surface area contributed by atoms with Crippen molar-refractivity contribution in [3.63, 3.8) is 0 Å². The fourth-order valence-electron chi connectivity index (χ4n) is 1.48. The lowest BCUT2D eigenvalue weighted by Crippen LogP contribution is -2.19. The summed E-state index contributed by atoms with van der Waals surface area (Å²) in [5.74, 6) is -0.369. The molecule has 0 bridgehead atoms. The van der Waals surface area contributed by atoms with Crippen molar-refractivity contribution in [1.29, 1.82) is 0 Å². The van der Waals surface area contributed by atoms with Gasteiger partial charge >= 0.3 is 0 Å². The van der Waals surface area contributed by atoms with Crippen LogP contribution in [0.2, 0.25) is 0 Å². The highest BCUT2D eigenvalue weighted by molar-refractivity contribution is 5.85. The molecule has 0 saturated heterocycles. The Hall–Kier alpha value is -1.69. The average Bonchev–Trinajstić information content (AvgIpc) is 2.50. The molecule has 0 aromatic heterocycles. The van der Waals surface area contributed by atoms with Crippen LogP contribution >= 0.6 is 0 Å². The lowest BCUT2D eigenvalue weighted by atomic mass is 10.1. The number of aliphatic hydroxyl groups is 1. The molecule has 0 spiro atoms. The molecule has 0 amide bonds. The normalized spacial score (nSPS) is 11.8. The molecule has 0 heterocycles. The second-order valence-corrected chi connectivity index (χ2v) is 3.98. The number of benzene rings is 1. The van der Waals surface area contributed by atoms with Gasteiger partial charge < -0.3 is 19.3 Å². The van der Waals surface area contributed by atoms with E-state index >= 15 is 0 Å². The molecule has 1 aromatic carbocycles. The molecular weight excluding hydrogens is 260 g/mol. The molecule has 20 heavy (non-hydrogen) atoms. The Morgan fingerprint density at radius 1 is 1.15 bits per heavy atom. The zero-order valence-corrected chi connectivity index (χ0v) is 11.4. The summed E-state index contributed by atoms with van der Waals surface area (Å²) in [6.45, 7) is 4.81. The SMILES string of the molecule is C=COCCOCCOCC(=O)C(O)c1ccccc1. The number of carbonyl (C=O) groups excluding carboxylic acids is 1. The van der Waals surface area contributed by atoms with E-state index in [9.17, 15) is 9.90 Å². The molecular formula is C15H20O5. The molecule has 0 fully saturated rings. The molecule has 0 radical (unpaired) electrons. The number of carbonyl (C=O) groups is 1. The predicted octanol–water partition coefficient (Wildman–Crippen LogP) is 1.48. The van der Waals surface area contributed by atoms with Gasteiger partial charge in [0.25, 0.3) is 0 Å². The number of hydrogen-bond acceptors (Lipinski definition) is 5. The van der Waals surface area contributed by atoms with Gasteiger partial charge in [0.2, 0.25) is 0 Å². The standard InChI is InChI=1S/C15H20O5/c1-2-18-8-9-19-10-11-20-12-14(16)15(17)13-6-4-3-5-7-13/h2-7,15,17H,1,8-12H2. The van der Waals surface area contributed by atoms with Crippen molar-refractivity contribution in [1.82, 2.24) is 0 Å². The van der Waals surface area contributed by atoms with E-state index in [-0.39, 0.29) is 12.4 Å². The molecule has 1 rings (SSSR count). The summed E-state index contributed by atoms with van der Waals surface area (Å²) in [5, 5.41) is 9.80. The van der Waals surface area contributed by atoms with Crippen LogP contribution in [0.25, 0.3) is 0 Å². The summed E-state index contributed by atoms with van der Waals surface area (Å²) in [6.07, 6.45) is 0.210. The van der Waals surface area contributed by atoms with Crippen LogP contribution in [0.4, 0.5) is 0 Å². The van der Waals surface area contributed by atoms with Crippen molar-refractivity contribution in [2.24, 2.45) is 0 Å². The van der Waals surface area contributed by atoms with Gasteiger partial charge in [0, 0.05) is 0 Å². The Morgan fingerprint density at radius 3 is 2.50 bits per heavy atom. The first-order valence-electron chi connectivity index (χ1n) is 6.39. The van der Waals surface area contributed by atoms with E-state index in [1.807, 2.05) is 6.07 Å². The van der Waals surface area contributed by atoms with Gasteiger partial charge in [0.15, 0.2) is 5.78 Å². The second kappa shape index (κ2) is 10.1. The van der Waals surface area contributed by atoms with Gasteiger partial charge in [-0.15, -0.1) is 0 Å². The monoisotopic (exact) mass is 280 g/mol. The van der Waals surface area contributed by atoms with Gasteiger partial charge in [-0.05, 0) is 5.56 Å². The lowest BCUT2D eigenvalue weighted by molar-refractivity contribution is -0.132. The third kappa shape index (κ3) is 6.47. The van der Waals surface area contributed by atoms with E-state index < -0.39 is 6.10 Å². The van der Waals surface area contributed by atoms with Gasteiger partial charge in [-0.3, -0.25) is 4.79 Å². The number of Topliss-reactive ketones (excluding diaryl/α,β-unsaturated/α-hetero) is 1. The number of rotatable bonds is 11. The fraction of sp³-hybridized carbons (Fsp3) is 0.400. The van der Waals surface area contributed by atoms with E-state index in [0.29, 0.717) is 32.0 Å². The summed E-state index contributed by atoms with van der Waals surface area (Å²) in [7, 11) is 0.